The van der Waals surface area contributed by atoms with Crippen LogP contribution in [0.15, 0.2) is 16.7 Å². The van der Waals surface area contributed by atoms with Crippen LogP contribution in [0.3, 0.4) is 0 Å². The first-order valence-electron chi connectivity index (χ1n) is 7.57. The number of pyridine rings is 1. The minimum absolute atomic E-state index is 0.486. The number of nitriles is 1. The maximum Gasteiger partial charge on any atom is 0.223 e. The molecule has 1 fully saturated rings. The van der Waals surface area contributed by atoms with E-state index in [4.69, 9.17) is 9.78 Å². The first kappa shape index (κ1) is 14.5. The molecule has 114 valence electrons. The van der Waals surface area contributed by atoms with Gasteiger partial charge >= 0.3 is 0 Å². The molecule has 6 nitrogen and oxygen atoms in total. The summed E-state index contributed by atoms with van der Waals surface area (Å²) in [7, 11) is 0. The second kappa shape index (κ2) is 6.14. The van der Waals surface area contributed by atoms with Crippen molar-refractivity contribution in [2.24, 2.45) is 5.92 Å². The van der Waals surface area contributed by atoms with E-state index in [0.717, 1.165) is 49.6 Å². The molecule has 3 rings (SSSR count). The van der Waals surface area contributed by atoms with Crippen LogP contribution in [0.4, 0.5) is 5.82 Å². The third-order valence-electron chi connectivity index (χ3n) is 4.07. The zero-order valence-corrected chi connectivity index (χ0v) is 12.9. The van der Waals surface area contributed by atoms with Crippen molar-refractivity contribution in [3.8, 4) is 6.07 Å². The van der Waals surface area contributed by atoms with Crippen molar-refractivity contribution in [1.82, 2.24) is 15.1 Å². The van der Waals surface area contributed by atoms with Crippen molar-refractivity contribution in [3.05, 3.63) is 35.1 Å². The standard InChI is InChI=1S/C16H19N5O/c1-11-5-6-16(19-14(11)9-17)21-7-3-4-13(10-21)8-15-18-12(2)22-20-15/h5-6,13H,3-4,7-8,10H2,1-2H3. The number of rotatable bonds is 3. The highest BCUT2D eigenvalue weighted by molar-refractivity contribution is 5.45. The fourth-order valence-corrected chi connectivity index (χ4v) is 2.93. The highest BCUT2D eigenvalue weighted by Crippen LogP contribution is 2.24. The van der Waals surface area contributed by atoms with Gasteiger partial charge in [-0.2, -0.15) is 10.2 Å². The zero-order valence-electron chi connectivity index (χ0n) is 12.9. The highest BCUT2D eigenvalue weighted by Gasteiger charge is 2.23. The fraction of sp³-hybridized carbons (Fsp3) is 0.500. The Balaban J connectivity index is 1.71. The molecule has 0 aliphatic carbocycles. The SMILES string of the molecule is Cc1nc(CC2CCCN(c3ccc(C)c(C#N)n3)C2)no1. The van der Waals surface area contributed by atoms with Gasteiger partial charge in [0.25, 0.3) is 0 Å². The molecule has 0 spiro atoms. The van der Waals surface area contributed by atoms with E-state index >= 15 is 0 Å². The molecule has 3 heterocycles. The lowest BCUT2D eigenvalue weighted by Crippen LogP contribution is -2.37. The fourth-order valence-electron chi connectivity index (χ4n) is 2.93. The van der Waals surface area contributed by atoms with E-state index in [1.165, 1.54) is 0 Å². The number of piperidine rings is 1. The summed E-state index contributed by atoms with van der Waals surface area (Å²) in [5, 5.41) is 13.1. The summed E-state index contributed by atoms with van der Waals surface area (Å²) in [6.45, 7) is 5.60. The normalized spacial score (nSPS) is 18.2. The zero-order chi connectivity index (χ0) is 15.5. The Labute approximate surface area is 129 Å². The van der Waals surface area contributed by atoms with Crippen LogP contribution >= 0.6 is 0 Å². The summed E-state index contributed by atoms with van der Waals surface area (Å²) in [5.74, 6) is 2.76. The van der Waals surface area contributed by atoms with E-state index < -0.39 is 0 Å². The van der Waals surface area contributed by atoms with E-state index in [2.05, 4.69) is 26.1 Å². The molecule has 0 N–H and O–H groups in total. The molecule has 6 heteroatoms. The van der Waals surface area contributed by atoms with Crippen molar-refractivity contribution < 1.29 is 4.52 Å². The average Bonchev–Trinajstić information content (AvgIpc) is 2.93. The highest BCUT2D eigenvalue weighted by atomic mass is 16.5. The Morgan fingerprint density at radius 2 is 2.23 bits per heavy atom. The van der Waals surface area contributed by atoms with E-state index in [1.54, 1.807) is 0 Å². The molecular weight excluding hydrogens is 278 g/mol. The smallest absolute Gasteiger partial charge is 0.223 e. The summed E-state index contributed by atoms with van der Waals surface area (Å²) in [4.78, 5) is 11.0. The Bertz CT molecular complexity index is 703. The Morgan fingerprint density at radius 3 is 2.95 bits per heavy atom. The lowest BCUT2D eigenvalue weighted by Gasteiger charge is -2.33. The summed E-state index contributed by atoms with van der Waals surface area (Å²) in [5.41, 5.74) is 1.43. The van der Waals surface area contributed by atoms with Gasteiger partial charge in [-0.15, -0.1) is 0 Å². The second-order valence-electron chi connectivity index (χ2n) is 5.83. The Kier molecular flexibility index (Phi) is 4.05. The topological polar surface area (TPSA) is 78.8 Å². The number of aryl methyl sites for hydroxylation is 2. The molecule has 0 radical (unpaired) electrons. The quantitative estimate of drug-likeness (QED) is 0.865. The Hall–Kier alpha value is -2.42. The molecule has 22 heavy (non-hydrogen) atoms. The van der Waals surface area contributed by atoms with Crippen molar-refractivity contribution >= 4 is 5.82 Å². The first-order valence-corrected chi connectivity index (χ1v) is 7.57. The van der Waals surface area contributed by atoms with Crippen molar-refractivity contribution in [2.45, 2.75) is 33.1 Å². The molecular formula is C16H19N5O. The van der Waals surface area contributed by atoms with Gasteiger partial charge in [0.15, 0.2) is 5.82 Å². The van der Waals surface area contributed by atoms with Gasteiger partial charge in [-0.25, -0.2) is 4.98 Å². The number of hydrogen-bond acceptors (Lipinski definition) is 6. The lowest BCUT2D eigenvalue weighted by atomic mass is 9.94. The molecule has 2 aromatic rings. The molecule has 0 bridgehead atoms. The minimum Gasteiger partial charge on any atom is -0.356 e. The minimum atomic E-state index is 0.486. The van der Waals surface area contributed by atoms with Crippen LogP contribution in [-0.2, 0) is 6.42 Å². The van der Waals surface area contributed by atoms with E-state index in [-0.39, 0.29) is 0 Å². The lowest BCUT2D eigenvalue weighted by molar-refractivity contribution is 0.369. The Morgan fingerprint density at radius 1 is 1.36 bits per heavy atom. The summed E-state index contributed by atoms with van der Waals surface area (Å²) in [6.07, 6.45) is 3.09. The third kappa shape index (κ3) is 3.08. The molecule has 1 saturated heterocycles. The largest absolute Gasteiger partial charge is 0.356 e. The summed E-state index contributed by atoms with van der Waals surface area (Å²) in [6, 6.07) is 6.12. The van der Waals surface area contributed by atoms with Gasteiger partial charge in [0.05, 0.1) is 0 Å². The van der Waals surface area contributed by atoms with Crippen molar-refractivity contribution in [3.63, 3.8) is 0 Å². The predicted molar refractivity (Wildman–Crippen MR) is 81.4 cm³/mol. The maximum absolute atomic E-state index is 9.13. The molecule has 2 aromatic heterocycles. The van der Waals surface area contributed by atoms with Crippen LogP contribution in [0.25, 0.3) is 0 Å². The molecule has 1 aliphatic heterocycles. The molecule has 1 atom stereocenters. The van der Waals surface area contributed by atoms with Crippen LogP contribution in [0, 0.1) is 31.1 Å². The van der Waals surface area contributed by atoms with Crippen LogP contribution in [0.5, 0.6) is 0 Å². The third-order valence-corrected chi connectivity index (χ3v) is 4.07. The van der Waals surface area contributed by atoms with Gasteiger partial charge in [-0.3, -0.25) is 0 Å². The molecule has 1 unspecified atom stereocenters. The van der Waals surface area contributed by atoms with E-state index in [9.17, 15) is 0 Å². The number of nitrogens with zero attached hydrogens (tertiary/aromatic N) is 5. The van der Waals surface area contributed by atoms with Crippen molar-refractivity contribution in [1.29, 1.82) is 5.26 Å². The van der Waals surface area contributed by atoms with E-state index in [1.807, 2.05) is 26.0 Å². The van der Waals surface area contributed by atoms with Crippen molar-refractivity contribution in [2.75, 3.05) is 18.0 Å². The van der Waals surface area contributed by atoms with Gasteiger partial charge in [-0.1, -0.05) is 11.2 Å². The average molecular weight is 297 g/mol. The molecule has 0 amide bonds. The molecule has 0 saturated carbocycles. The number of anilines is 1. The maximum atomic E-state index is 9.13. The summed E-state index contributed by atoms with van der Waals surface area (Å²) >= 11 is 0. The van der Waals surface area contributed by atoms with E-state index in [0.29, 0.717) is 17.5 Å². The van der Waals surface area contributed by atoms with Crippen LogP contribution in [-0.4, -0.2) is 28.2 Å². The van der Waals surface area contributed by atoms with Gasteiger partial charge in [-0.05, 0) is 37.3 Å². The first-order chi connectivity index (χ1) is 10.7. The number of aromatic nitrogens is 3. The molecule has 0 aromatic carbocycles. The van der Waals surface area contributed by atoms with Gasteiger partial charge in [0.2, 0.25) is 5.89 Å². The second-order valence-corrected chi connectivity index (χ2v) is 5.83. The predicted octanol–water partition coefficient (Wildman–Crippen LogP) is 2.41. The van der Waals surface area contributed by atoms with Gasteiger partial charge in [0.1, 0.15) is 17.6 Å². The monoisotopic (exact) mass is 297 g/mol. The molecule has 1 aliphatic rings. The van der Waals surface area contributed by atoms with Crippen LogP contribution in [0.1, 0.15) is 35.8 Å². The number of hydrogen-bond donors (Lipinski definition) is 0. The van der Waals surface area contributed by atoms with Gasteiger partial charge < -0.3 is 9.42 Å². The summed E-state index contributed by atoms with van der Waals surface area (Å²) < 4.78 is 5.04. The van der Waals surface area contributed by atoms with Crippen LogP contribution in [0.2, 0.25) is 0 Å². The van der Waals surface area contributed by atoms with Crippen LogP contribution < -0.4 is 4.90 Å². The van der Waals surface area contributed by atoms with Gasteiger partial charge in [0, 0.05) is 26.4 Å².